The largest absolute Gasteiger partial charge is 0.507 e. The van der Waals surface area contributed by atoms with E-state index in [-0.39, 0.29) is 0 Å². The molecule has 90 valence electrons. The average molecular weight is 247 g/mol. The number of rotatable bonds is 4. The first-order valence-electron chi connectivity index (χ1n) is 6.03. The predicted octanol–water partition coefficient (Wildman–Crippen LogP) is 4.03. The van der Waals surface area contributed by atoms with E-state index in [1.807, 2.05) is 18.2 Å². The molecular weight excluding hydrogens is 230 g/mol. The van der Waals surface area contributed by atoms with Crippen molar-refractivity contribution in [2.24, 2.45) is 0 Å². The van der Waals surface area contributed by atoms with Crippen LogP contribution in [0.25, 0.3) is 10.6 Å². The second kappa shape index (κ2) is 5.32. The van der Waals surface area contributed by atoms with E-state index in [2.05, 4.69) is 18.8 Å². The first-order valence-corrected chi connectivity index (χ1v) is 6.84. The van der Waals surface area contributed by atoms with Crippen LogP contribution in [-0.4, -0.2) is 10.1 Å². The number of para-hydroxylation sites is 1. The van der Waals surface area contributed by atoms with Crippen LogP contribution in [0.5, 0.6) is 5.75 Å². The Morgan fingerprint density at radius 3 is 2.65 bits per heavy atom. The van der Waals surface area contributed by atoms with E-state index >= 15 is 0 Å². The van der Waals surface area contributed by atoms with Crippen molar-refractivity contribution in [3.05, 3.63) is 34.8 Å². The van der Waals surface area contributed by atoms with Crippen LogP contribution in [0.15, 0.2) is 24.3 Å². The molecule has 0 aliphatic heterocycles. The normalized spacial score (nSPS) is 10.7. The molecule has 3 heteroatoms. The summed E-state index contributed by atoms with van der Waals surface area (Å²) in [7, 11) is 0. The van der Waals surface area contributed by atoms with Gasteiger partial charge in [-0.1, -0.05) is 32.4 Å². The fraction of sp³-hybridized carbons (Fsp3) is 0.357. The van der Waals surface area contributed by atoms with Gasteiger partial charge < -0.3 is 5.11 Å². The fourth-order valence-electron chi connectivity index (χ4n) is 1.86. The van der Waals surface area contributed by atoms with Gasteiger partial charge in [0.2, 0.25) is 0 Å². The quantitative estimate of drug-likeness (QED) is 0.884. The minimum absolute atomic E-state index is 0.312. The smallest absolute Gasteiger partial charge is 0.127 e. The van der Waals surface area contributed by atoms with Gasteiger partial charge in [-0.2, -0.15) is 0 Å². The highest BCUT2D eigenvalue weighted by atomic mass is 32.1. The third-order valence-electron chi connectivity index (χ3n) is 2.72. The molecule has 0 spiro atoms. The van der Waals surface area contributed by atoms with Crippen LogP contribution < -0.4 is 0 Å². The first-order chi connectivity index (χ1) is 8.26. The number of phenolic OH excluding ortho intramolecular Hbond substituents is 1. The zero-order valence-electron chi connectivity index (χ0n) is 10.2. The lowest BCUT2D eigenvalue weighted by atomic mass is 10.2. The van der Waals surface area contributed by atoms with E-state index in [1.54, 1.807) is 17.4 Å². The molecule has 0 aliphatic rings. The van der Waals surface area contributed by atoms with Gasteiger partial charge in [0, 0.05) is 4.88 Å². The standard InChI is InChI=1S/C14H17NOS/c1-3-7-11-13(4-2)17-14(15-11)10-8-5-6-9-12(10)16/h5-6,8-9,16H,3-4,7H2,1-2H3. The van der Waals surface area contributed by atoms with Crippen molar-refractivity contribution in [3.63, 3.8) is 0 Å². The van der Waals surface area contributed by atoms with Gasteiger partial charge in [0.15, 0.2) is 0 Å². The molecule has 2 rings (SSSR count). The monoisotopic (exact) mass is 247 g/mol. The van der Waals surface area contributed by atoms with E-state index in [4.69, 9.17) is 0 Å². The van der Waals surface area contributed by atoms with Crippen molar-refractivity contribution in [1.82, 2.24) is 4.98 Å². The molecule has 0 saturated carbocycles. The molecule has 0 atom stereocenters. The van der Waals surface area contributed by atoms with Crippen molar-refractivity contribution < 1.29 is 5.11 Å². The number of hydrogen-bond acceptors (Lipinski definition) is 3. The molecular formula is C14H17NOS. The summed E-state index contributed by atoms with van der Waals surface area (Å²) in [6.45, 7) is 4.32. The SMILES string of the molecule is CCCc1nc(-c2ccccc2O)sc1CC. The summed E-state index contributed by atoms with van der Waals surface area (Å²) in [6, 6.07) is 7.40. The minimum atomic E-state index is 0.312. The minimum Gasteiger partial charge on any atom is -0.507 e. The van der Waals surface area contributed by atoms with E-state index in [1.165, 1.54) is 10.6 Å². The number of aromatic nitrogens is 1. The third kappa shape index (κ3) is 2.50. The number of phenols is 1. The zero-order valence-corrected chi connectivity index (χ0v) is 11.0. The van der Waals surface area contributed by atoms with Crippen LogP contribution in [0, 0.1) is 0 Å². The lowest BCUT2D eigenvalue weighted by molar-refractivity contribution is 0.477. The molecule has 0 amide bonds. The van der Waals surface area contributed by atoms with Crippen molar-refractivity contribution in [2.75, 3.05) is 0 Å². The van der Waals surface area contributed by atoms with Crippen molar-refractivity contribution in [3.8, 4) is 16.3 Å². The van der Waals surface area contributed by atoms with Gasteiger partial charge in [0.1, 0.15) is 10.8 Å². The third-order valence-corrected chi connectivity index (χ3v) is 4.00. The van der Waals surface area contributed by atoms with Crippen LogP contribution in [-0.2, 0) is 12.8 Å². The summed E-state index contributed by atoms with van der Waals surface area (Å²) in [5.41, 5.74) is 2.04. The molecule has 0 unspecified atom stereocenters. The van der Waals surface area contributed by atoms with Crippen LogP contribution in [0.3, 0.4) is 0 Å². The Morgan fingerprint density at radius 1 is 1.24 bits per heavy atom. The summed E-state index contributed by atoms with van der Waals surface area (Å²) in [6.07, 6.45) is 3.14. The molecule has 2 aromatic rings. The Kier molecular flexibility index (Phi) is 3.79. The highest BCUT2D eigenvalue weighted by molar-refractivity contribution is 7.15. The number of hydrogen-bond donors (Lipinski definition) is 1. The Labute approximate surface area is 106 Å². The Bertz CT molecular complexity index is 505. The summed E-state index contributed by atoms with van der Waals surface area (Å²) in [5, 5.41) is 10.8. The Balaban J connectivity index is 2.43. The Morgan fingerprint density at radius 2 is 2.00 bits per heavy atom. The molecule has 1 aromatic heterocycles. The predicted molar refractivity (Wildman–Crippen MR) is 72.6 cm³/mol. The van der Waals surface area contributed by atoms with E-state index in [0.29, 0.717) is 5.75 Å². The van der Waals surface area contributed by atoms with Gasteiger partial charge in [0.05, 0.1) is 11.3 Å². The number of aryl methyl sites for hydroxylation is 2. The Hall–Kier alpha value is -1.35. The molecule has 1 N–H and O–H groups in total. The number of aromatic hydroxyl groups is 1. The van der Waals surface area contributed by atoms with E-state index < -0.39 is 0 Å². The molecule has 17 heavy (non-hydrogen) atoms. The van der Waals surface area contributed by atoms with Gasteiger partial charge >= 0.3 is 0 Å². The highest BCUT2D eigenvalue weighted by Gasteiger charge is 2.12. The average Bonchev–Trinajstić information content (AvgIpc) is 2.73. The highest BCUT2D eigenvalue weighted by Crippen LogP contribution is 2.34. The maximum atomic E-state index is 9.83. The summed E-state index contributed by atoms with van der Waals surface area (Å²) >= 11 is 1.70. The molecule has 0 fully saturated rings. The molecule has 2 nitrogen and oxygen atoms in total. The van der Waals surface area contributed by atoms with Crippen LogP contribution in [0.2, 0.25) is 0 Å². The van der Waals surface area contributed by atoms with Crippen LogP contribution in [0.4, 0.5) is 0 Å². The number of benzene rings is 1. The van der Waals surface area contributed by atoms with Gasteiger partial charge in [-0.15, -0.1) is 11.3 Å². The fourth-order valence-corrected chi connectivity index (χ4v) is 2.94. The second-order valence-corrected chi connectivity index (χ2v) is 5.09. The van der Waals surface area contributed by atoms with Crippen molar-refractivity contribution >= 4 is 11.3 Å². The first kappa shape index (κ1) is 12.1. The molecule has 0 bridgehead atoms. The van der Waals surface area contributed by atoms with E-state index in [0.717, 1.165) is 29.8 Å². The van der Waals surface area contributed by atoms with Gasteiger partial charge in [0.25, 0.3) is 0 Å². The van der Waals surface area contributed by atoms with Crippen LogP contribution >= 0.6 is 11.3 Å². The van der Waals surface area contributed by atoms with Crippen molar-refractivity contribution in [1.29, 1.82) is 0 Å². The molecule has 0 aliphatic carbocycles. The second-order valence-electron chi connectivity index (χ2n) is 4.01. The van der Waals surface area contributed by atoms with E-state index in [9.17, 15) is 5.11 Å². The molecule has 1 aromatic carbocycles. The maximum absolute atomic E-state index is 9.83. The molecule has 0 radical (unpaired) electrons. The van der Waals surface area contributed by atoms with Crippen LogP contribution in [0.1, 0.15) is 30.8 Å². The van der Waals surface area contributed by atoms with Gasteiger partial charge in [-0.25, -0.2) is 4.98 Å². The maximum Gasteiger partial charge on any atom is 0.127 e. The summed E-state index contributed by atoms with van der Waals surface area (Å²) < 4.78 is 0. The number of nitrogens with zero attached hydrogens (tertiary/aromatic N) is 1. The summed E-state index contributed by atoms with van der Waals surface area (Å²) in [4.78, 5) is 6.00. The molecule has 1 heterocycles. The van der Waals surface area contributed by atoms with Gasteiger partial charge in [-0.05, 0) is 25.0 Å². The topological polar surface area (TPSA) is 33.1 Å². The van der Waals surface area contributed by atoms with Gasteiger partial charge in [-0.3, -0.25) is 0 Å². The number of thiazole rings is 1. The van der Waals surface area contributed by atoms with Crippen molar-refractivity contribution in [2.45, 2.75) is 33.1 Å². The lowest BCUT2D eigenvalue weighted by Crippen LogP contribution is -1.88. The summed E-state index contributed by atoms with van der Waals surface area (Å²) in [5.74, 6) is 0.312. The lowest BCUT2D eigenvalue weighted by Gasteiger charge is -1.98. The zero-order chi connectivity index (χ0) is 12.3. The molecule has 0 saturated heterocycles.